The van der Waals surface area contributed by atoms with Crippen LogP contribution in [-0.4, -0.2) is 34.3 Å². The number of anilines is 1. The first kappa shape index (κ1) is 6.67. The van der Waals surface area contributed by atoms with E-state index in [4.69, 9.17) is 0 Å². The first-order valence-electron chi connectivity index (χ1n) is 3.77. The van der Waals surface area contributed by atoms with Crippen molar-refractivity contribution in [1.82, 2.24) is 9.97 Å². The summed E-state index contributed by atoms with van der Waals surface area (Å²) in [4.78, 5) is 9.01. The number of H-pyrrole nitrogens is 1. The van der Waals surface area contributed by atoms with Crippen molar-refractivity contribution in [2.75, 3.05) is 18.0 Å². The van der Waals surface area contributed by atoms with E-state index in [0.29, 0.717) is 0 Å². The molecule has 1 aliphatic heterocycles. The van der Waals surface area contributed by atoms with Gasteiger partial charge in [0.25, 0.3) is 0 Å². The van der Waals surface area contributed by atoms with Crippen LogP contribution in [0.5, 0.6) is 0 Å². The summed E-state index contributed by atoms with van der Waals surface area (Å²) >= 11 is 0. The molecule has 1 fully saturated rings. The van der Waals surface area contributed by atoms with Crippen LogP contribution < -0.4 is 4.90 Å². The van der Waals surface area contributed by atoms with Gasteiger partial charge in [-0.2, -0.15) is 0 Å². The Bertz CT molecular complexity index is 222. The number of imidazole rings is 1. The first-order chi connectivity index (χ1) is 5.36. The molecular weight excluding hydrogens is 142 g/mol. The van der Waals surface area contributed by atoms with Crippen LogP contribution in [0.15, 0.2) is 12.5 Å². The number of rotatable bonds is 1. The first-order valence-corrected chi connectivity index (χ1v) is 3.77. The number of hydrogen-bond donors (Lipinski definition) is 2. The van der Waals surface area contributed by atoms with E-state index in [1.54, 1.807) is 12.5 Å². The molecule has 0 bridgehead atoms. The number of aliphatic hydroxyl groups is 1. The summed E-state index contributed by atoms with van der Waals surface area (Å²) < 4.78 is 0. The van der Waals surface area contributed by atoms with E-state index < -0.39 is 0 Å². The van der Waals surface area contributed by atoms with Crippen LogP contribution in [0.4, 0.5) is 5.82 Å². The lowest BCUT2D eigenvalue weighted by Gasteiger charge is -2.13. The maximum absolute atomic E-state index is 9.22. The normalized spacial score (nSPS) is 24.5. The fraction of sp³-hybridized carbons (Fsp3) is 0.571. The molecule has 1 aromatic heterocycles. The fourth-order valence-electron chi connectivity index (χ4n) is 1.38. The van der Waals surface area contributed by atoms with Gasteiger partial charge < -0.3 is 15.0 Å². The standard InChI is InChI=1S/C7H11N3O/c11-6-1-2-10(4-6)7-3-8-5-9-7/h3,5-6,11H,1-2,4H2,(H,8,9). The van der Waals surface area contributed by atoms with Gasteiger partial charge in [-0.3, -0.25) is 0 Å². The topological polar surface area (TPSA) is 52.1 Å². The van der Waals surface area contributed by atoms with E-state index in [-0.39, 0.29) is 6.10 Å². The van der Waals surface area contributed by atoms with Crippen LogP contribution >= 0.6 is 0 Å². The van der Waals surface area contributed by atoms with Crippen LogP contribution in [0.25, 0.3) is 0 Å². The maximum atomic E-state index is 9.22. The maximum Gasteiger partial charge on any atom is 0.125 e. The van der Waals surface area contributed by atoms with Crippen molar-refractivity contribution < 1.29 is 5.11 Å². The number of nitrogens with one attached hydrogen (secondary N) is 1. The highest BCUT2D eigenvalue weighted by molar-refractivity contribution is 5.36. The van der Waals surface area contributed by atoms with Gasteiger partial charge in [-0.1, -0.05) is 0 Å². The number of β-amino-alcohol motifs (C(OH)–C–C–N with tert-alkyl or cyclic N) is 1. The molecule has 0 saturated carbocycles. The molecule has 1 unspecified atom stereocenters. The molecule has 60 valence electrons. The van der Waals surface area contributed by atoms with Gasteiger partial charge in [-0.25, -0.2) is 4.98 Å². The molecule has 0 aromatic carbocycles. The smallest absolute Gasteiger partial charge is 0.125 e. The average molecular weight is 153 g/mol. The average Bonchev–Trinajstić information content (AvgIpc) is 2.55. The molecule has 1 saturated heterocycles. The van der Waals surface area contributed by atoms with Crippen molar-refractivity contribution in [3.8, 4) is 0 Å². The summed E-state index contributed by atoms with van der Waals surface area (Å²) in [5, 5.41) is 9.22. The largest absolute Gasteiger partial charge is 0.391 e. The van der Waals surface area contributed by atoms with Gasteiger partial charge in [0.1, 0.15) is 5.82 Å². The number of hydrogen-bond acceptors (Lipinski definition) is 3. The van der Waals surface area contributed by atoms with Gasteiger partial charge in [0.2, 0.25) is 0 Å². The lowest BCUT2D eigenvalue weighted by Crippen LogP contribution is -2.21. The number of aromatic amines is 1. The van der Waals surface area contributed by atoms with E-state index in [1.807, 2.05) is 0 Å². The Balaban J connectivity index is 2.08. The zero-order valence-corrected chi connectivity index (χ0v) is 6.20. The lowest BCUT2D eigenvalue weighted by atomic mass is 10.3. The second-order valence-electron chi connectivity index (χ2n) is 2.83. The number of nitrogens with zero attached hydrogens (tertiary/aromatic N) is 2. The predicted octanol–water partition coefficient (Wildman–Crippen LogP) is -0.0193. The molecule has 0 spiro atoms. The number of aliphatic hydroxyl groups excluding tert-OH is 1. The summed E-state index contributed by atoms with van der Waals surface area (Å²) in [5.41, 5.74) is 0. The lowest BCUT2D eigenvalue weighted by molar-refractivity contribution is 0.198. The summed E-state index contributed by atoms with van der Waals surface area (Å²) in [6, 6.07) is 0. The van der Waals surface area contributed by atoms with Crippen LogP contribution in [-0.2, 0) is 0 Å². The van der Waals surface area contributed by atoms with Crippen molar-refractivity contribution in [2.45, 2.75) is 12.5 Å². The van der Waals surface area contributed by atoms with E-state index >= 15 is 0 Å². The Kier molecular flexibility index (Phi) is 1.54. The molecule has 0 aliphatic carbocycles. The molecule has 0 amide bonds. The van der Waals surface area contributed by atoms with Crippen LogP contribution in [0.3, 0.4) is 0 Å². The third-order valence-electron chi connectivity index (χ3n) is 1.99. The monoisotopic (exact) mass is 153 g/mol. The Morgan fingerprint density at radius 1 is 1.73 bits per heavy atom. The molecule has 1 aliphatic rings. The second kappa shape index (κ2) is 2.54. The molecule has 2 rings (SSSR count). The Hall–Kier alpha value is -1.03. The van der Waals surface area contributed by atoms with Gasteiger partial charge >= 0.3 is 0 Å². The van der Waals surface area contributed by atoms with Gasteiger partial charge in [0, 0.05) is 13.1 Å². The third-order valence-corrected chi connectivity index (χ3v) is 1.99. The van der Waals surface area contributed by atoms with Gasteiger partial charge in [-0.05, 0) is 6.42 Å². The highest BCUT2D eigenvalue weighted by Crippen LogP contribution is 2.16. The molecule has 2 N–H and O–H groups in total. The minimum atomic E-state index is -0.168. The van der Waals surface area contributed by atoms with Crippen molar-refractivity contribution in [3.05, 3.63) is 12.5 Å². The minimum Gasteiger partial charge on any atom is -0.391 e. The SMILES string of the molecule is OC1CCN(c2cnc[nH]2)C1. The fourth-order valence-corrected chi connectivity index (χ4v) is 1.38. The van der Waals surface area contributed by atoms with Gasteiger partial charge in [-0.15, -0.1) is 0 Å². The van der Waals surface area contributed by atoms with Crippen LogP contribution in [0.2, 0.25) is 0 Å². The second-order valence-corrected chi connectivity index (χ2v) is 2.83. The molecule has 1 atom stereocenters. The zero-order chi connectivity index (χ0) is 7.68. The molecule has 4 nitrogen and oxygen atoms in total. The quantitative estimate of drug-likeness (QED) is 0.596. The van der Waals surface area contributed by atoms with E-state index in [1.165, 1.54) is 0 Å². The minimum absolute atomic E-state index is 0.168. The molecular formula is C7H11N3O. The van der Waals surface area contributed by atoms with Crippen molar-refractivity contribution in [3.63, 3.8) is 0 Å². The third kappa shape index (κ3) is 1.21. The van der Waals surface area contributed by atoms with Gasteiger partial charge in [0.05, 0.1) is 18.6 Å². The predicted molar refractivity (Wildman–Crippen MR) is 41.4 cm³/mol. The van der Waals surface area contributed by atoms with E-state index in [9.17, 15) is 5.11 Å². The van der Waals surface area contributed by atoms with E-state index in [0.717, 1.165) is 25.3 Å². The Morgan fingerprint density at radius 2 is 2.64 bits per heavy atom. The summed E-state index contributed by atoms with van der Waals surface area (Å²) in [5.74, 6) is 1.00. The van der Waals surface area contributed by atoms with Crippen molar-refractivity contribution >= 4 is 5.82 Å². The van der Waals surface area contributed by atoms with Gasteiger partial charge in [0.15, 0.2) is 0 Å². The van der Waals surface area contributed by atoms with E-state index in [2.05, 4.69) is 14.9 Å². The Labute approximate surface area is 64.9 Å². The van der Waals surface area contributed by atoms with Crippen LogP contribution in [0.1, 0.15) is 6.42 Å². The molecule has 11 heavy (non-hydrogen) atoms. The van der Waals surface area contributed by atoms with Crippen LogP contribution in [0, 0.1) is 0 Å². The zero-order valence-electron chi connectivity index (χ0n) is 6.20. The molecule has 1 aromatic rings. The highest BCUT2D eigenvalue weighted by Gasteiger charge is 2.20. The summed E-state index contributed by atoms with van der Waals surface area (Å²) in [7, 11) is 0. The van der Waals surface area contributed by atoms with Crippen molar-refractivity contribution in [1.29, 1.82) is 0 Å². The Morgan fingerprint density at radius 3 is 3.18 bits per heavy atom. The summed E-state index contributed by atoms with van der Waals surface area (Å²) in [6.07, 6.45) is 4.12. The molecule has 0 radical (unpaired) electrons. The highest BCUT2D eigenvalue weighted by atomic mass is 16.3. The molecule has 2 heterocycles. The van der Waals surface area contributed by atoms with Crippen molar-refractivity contribution in [2.24, 2.45) is 0 Å². The summed E-state index contributed by atoms with van der Waals surface area (Å²) in [6.45, 7) is 1.64. The number of aromatic nitrogens is 2. The molecule has 4 heteroatoms.